The average Bonchev–Trinajstić information content (AvgIpc) is 3.00. The van der Waals surface area contributed by atoms with E-state index in [-0.39, 0.29) is 0 Å². The molecule has 0 atom stereocenters. The first-order valence-electron chi connectivity index (χ1n) is 7.91. The van der Waals surface area contributed by atoms with Gasteiger partial charge >= 0.3 is 0 Å². The van der Waals surface area contributed by atoms with E-state index in [1.54, 1.807) is 10.7 Å². The highest BCUT2D eigenvalue weighted by Crippen LogP contribution is 2.39. The quantitative estimate of drug-likeness (QED) is 0.623. The molecule has 0 amide bonds. The fourth-order valence-electron chi connectivity index (χ4n) is 2.91. The second kappa shape index (κ2) is 4.73. The van der Waals surface area contributed by atoms with E-state index < -0.39 is 0 Å². The number of H-pyrrole nitrogens is 1. The summed E-state index contributed by atoms with van der Waals surface area (Å²) >= 11 is 0. The Morgan fingerprint density at radius 1 is 1.21 bits per heavy atom. The SMILES string of the molecule is Cc1cc(C)n2ncc(-c3noc(-c4cc(C5CC5)[nH]n4)n3)c2n1. The van der Waals surface area contributed by atoms with E-state index in [9.17, 15) is 0 Å². The second-order valence-electron chi connectivity index (χ2n) is 6.24. The van der Waals surface area contributed by atoms with E-state index in [0.29, 0.717) is 23.3 Å². The molecule has 0 saturated heterocycles. The van der Waals surface area contributed by atoms with Crippen molar-refractivity contribution >= 4 is 5.65 Å². The molecule has 120 valence electrons. The Labute approximate surface area is 136 Å². The lowest BCUT2D eigenvalue weighted by molar-refractivity contribution is 0.431. The monoisotopic (exact) mass is 321 g/mol. The third-order valence-electron chi connectivity index (χ3n) is 4.28. The molecule has 1 saturated carbocycles. The summed E-state index contributed by atoms with van der Waals surface area (Å²) < 4.78 is 7.16. The van der Waals surface area contributed by atoms with Gasteiger partial charge in [-0.25, -0.2) is 9.50 Å². The maximum atomic E-state index is 5.39. The van der Waals surface area contributed by atoms with Gasteiger partial charge in [-0.15, -0.1) is 0 Å². The van der Waals surface area contributed by atoms with Crippen LogP contribution in [0.4, 0.5) is 0 Å². The van der Waals surface area contributed by atoms with Crippen molar-refractivity contribution in [3.05, 3.63) is 35.4 Å². The van der Waals surface area contributed by atoms with E-state index in [1.165, 1.54) is 12.8 Å². The maximum absolute atomic E-state index is 5.39. The second-order valence-corrected chi connectivity index (χ2v) is 6.24. The van der Waals surface area contributed by atoms with Crippen LogP contribution in [0.1, 0.15) is 35.8 Å². The Hall–Kier alpha value is -3.03. The highest BCUT2D eigenvalue weighted by molar-refractivity contribution is 5.73. The van der Waals surface area contributed by atoms with Gasteiger partial charge in [0, 0.05) is 23.0 Å². The number of hydrogen-bond acceptors (Lipinski definition) is 6. The van der Waals surface area contributed by atoms with E-state index in [1.807, 2.05) is 26.0 Å². The molecule has 24 heavy (non-hydrogen) atoms. The molecule has 0 aromatic carbocycles. The largest absolute Gasteiger partial charge is 0.332 e. The van der Waals surface area contributed by atoms with Crippen LogP contribution in [0.2, 0.25) is 0 Å². The topological polar surface area (TPSA) is 97.8 Å². The van der Waals surface area contributed by atoms with Crippen molar-refractivity contribution in [3.63, 3.8) is 0 Å². The number of hydrogen-bond donors (Lipinski definition) is 1. The molecule has 1 N–H and O–H groups in total. The first-order chi connectivity index (χ1) is 11.7. The Balaban J connectivity index is 1.57. The number of nitrogens with one attached hydrogen (secondary N) is 1. The van der Waals surface area contributed by atoms with Crippen molar-refractivity contribution in [1.29, 1.82) is 0 Å². The summed E-state index contributed by atoms with van der Waals surface area (Å²) in [7, 11) is 0. The lowest BCUT2D eigenvalue weighted by atomic mass is 10.2. The highest BCUT2D eigenvalue weighted by Gasteiger charge is 2.26. The predicted octanol–water partition coefficient (Wildman–Crippen LogP) is 2.66. The Morgan fingerprint density at radius 3 is 2.92 bits per heavy atom. The van der Waals surface area contributed by atoms with Gasteiger partial charge in [0.1, 0.15) is 0 Å². The number of aromatic nitrogens is 7. The van der Waals surface area contributed by atoms with Crippen molar-refractivity contribution in [3.8, 4) is 23.0 Å². The first kappa shape index (κ1) is 13.4. The van der Waals surface area contributed by atoms with Crippen LogP contribution in [0.5, 0.6) is 0 Å². The lowest BCUT2D eigenvalue weighted by Gasteiger charge is -2.00. The molecule has 0 spiro atoms. The molecule has 8 heteroatoms. The van der Waals surface area contributed by atoms with Gasteiger partial charge in [-0.2, -0.15) is 15.2 Å². The number of rotatable bonds is 3. The van der Waals surface area contributed by atoms with Gasteiger partial charge in [0.05, 0.1) is 11.8 Å². The molecule has 1 aliphatic rings. The van der Waals surface area contributed by atoms with E-state index in [4.69, 9.17) is 4.52 Å². The van der Waals surface area contributed by atoms with Gasteiger partial charge in [0.15, 0.2) is 11.3 Å². The molecular formula is C16H15N7O. The third-order valence-corrected chi connectivity index (χ3v) is 4.28. The van der Waals surface area contributed by atoms with Crippen LogP contribution in [-0.2, 0) is 0 Å². The number of nitrogens with zero attached hydrogens (tertiary/aromatic N) is 6. The molecule has 0 aliphatic heterocycles. The molecule has 5 rings (SSSR count). The van der Waals surface area contributed by atoms with E-state index in [0.717, 1.165) is 28.3 Å². The molecule has 0 unspecified atom stereocenters. The molecule has 1 fully saturated rings. The van der Waals surface area contributed by atoms with Gasteiger partial charge in [-0.05, 0) is 38.8 Å². The Kier molecular flexibility index (Phi) is 2.64. The van der Waals surface area contributed by atoms with Crippen LogP contribution in [-0.4, -0.2) is 34.9 Å². The van der Waals surface area contributed by atoms with Crippen molar-refractivity contribution in [2.75, 3.05) is 0 Å². The van der Waals surface area contributed by atoms with Crippen LogP contribution in [0.25, 0.3) is 28.6 Å². The van der Waals surface area contributed by atoms with Gasteiger partial charge < -0.3 is 4.52 Å². The molecule has 0 bridgehead atoms. The minimum atomic E-state index is 0.400. The first-order valence-corrected chi connectivity index (χ1v) is 7.91. The zero-order chi connectivity index (χ0) is 16.3. The van der Waals surface area contributed by atoms with E-state index in [2.05, 4.69) is 30.4 Å². The normalized spacial score (nSPS) is 14.6. The van der Waals surface area contributed by atoms with Crippen LogP contribution < -0.4 is 0 Å². The number of aromatic amines is 1. The fraction of sp³-hybridized carbons (Fsp3) is 0.312. The summed E-state index contributed by atoms with van der Waals surface area (Å²) in [6.45, 7) is 3.94. The highest BCUT2D eigenvalue weighted by atomic mass is 16.5. The van der Waals surface area contributed by atoms with Gasteiger partial charge in [-0.1, -0.05) is 5.16 Å². The molecular weight excluding hydrogens is 306 g/mol. The number of aryl methyl sites for hydroxylation is 2. The van der Waals surface area contributed by atoms with Crippen LogP contribution >= 0.6 is 0 Å². The van der Waals surface area contributed by atoms with Crippen molar-refractivity contribution < 1.29 is 4.52 Å². The van der Waals surface area contributed by atoms with E-state index >= 15 is 0 Å². The molecule has 0 radical (unpaired) electrons. The van der Waals surface area contributed by atoms with Crippen molar-refractivity contribution in [2.45, 2.75) is 32.6 Å². The summed E-state index contributed by atoms with van der Waals surface area (Å²) in [5, 5.41) is 15.8. The van der Waals surface area contributed by atoms with Gasteiger partial charge in [-0.3, -0.25) is 5.10 Å². The minimum Gasteiger partial charge on any atom is -0.332 e. The minimum absolute atomic E-state index is 0.400. The third kappa shape index (κ3) is 2.03. The summed E-state index contributed by atoms with van der Waals surface area (Å²) in [6.07, 6.45) is 4.14. The summed E-state index contributed by atoms with van der Waals surface area (Å²) in [5.74, 6) is 1.47. The Morgan fingerprint density at radius 2 is 2.08 bits per heavy atom. The zero-order valence-corrected chi connectivity index (χ0v) is 13.3. The van der Waals surface area contributed by atoms with Gasteiger partial charge in [0.25, 0.3) is 5.89 Å². The molecule has 4 heterocycles. The van der Waals surface area contributed by atoms with Crippen molar-refractivity contribution in [1.82, 2.24) is 34.9 Å². The molecule has 4 aromatic rings. The zero-order valence-electron chi connectivity index (χ0n) is 13.3. The number of fused-ring (bicyclic) bond motifs is 1. The van der Waals surface area contributed by atoms with Crippen LogP contribution in [0.15, 0.2) is 22.9 Å². The lowest BCUT2D eigenvalue weighted by Crippen LogP contribution is -1.97. The van der Waals surface area contributed by atoms with Crippen LogP contribution in [0.3, 0.4) is 0 Å². The average molecular weight is 321 g/mol. The van der Waals surface area contributed by atoms with Crippen molar-refractivity contribution in [2.24, 2.45) is 0 Å². The summed E-state index contributed by atoms with van der Waals surface area (Å²) in [5.41, 5.74) is 5.21. The van der Waals surface area contributed by atoms with Crippen LogP contribution in [0, 0.1) is 13.8 Å². The maximum Gasteiger partial charge on any atom is 0.278 e. The fourth-order valence-corrected chi connectivity index (χ4v) is 2.91. The predicted molar refractivity (Wildman–Crippen MR) is 85.3 cm³/mol. The summed E-state index contributed by atoms with van der Waals surface area (Å²) in [6, 6.07) is 3.96. The standard InChI is InChI=1S/C16H15N7O/c1-8-5-9(2)23-15(18-8)11(7-17-23)14-19-16(24-22-14)13-6-12(20-21-13)10-3-4-10/h5-7,10H,3-4H2,1-2H3,(H,20,21). The molecule has 8 nitrogen and oxygen atoms in total. The smallest absolute Gasteiger partial charge is 0.278 e. The van der Waals surface area contributed by atoms with Gasteiger partial charge in [0.2, 0.25) is 5.82 Å². The molecule has 1 aliphatic carbocycles. The Bertz CT molecular complexity index is 1050. The summed E-state index contributed by atoms with van der Waals surface area (Å²) in [4.78, 5) is 9.02. The molecule has 4 aromatic heterocycles.